The molecule has 0 amide bonds. The number of carbonyl (C=O) groups is 1. The summed E-state index contributed by atoms with van der Waals surface area (Å²) >= 11 is 3.54. The molecule has 1 aliphatic heterocycles. The zero-order valence-corrected chi connectivity index (χ0v) is 17.6. The van der Waals surface area contributed by atoms with Gasteiger partial charge < -0.3 is 14.2 Å². The Bertz CT molecular complexity index is 848. The molecule has 3 heterocycles. The van der Waals surface area contributed by atoms with E-state index in [2.05, 4.69) is 19.9 Å². The Morgan fingerprint density at radius 1 is 1.04 bits per heavy atom. The minimum absolute atomic E-state index is 0.254. The first-order chi connectivity index (χ1) is 13.0. The third kappa shape index (κ3) is 2.80. The molecule has 27 heavy (non-hydrogen) atoms. The van der Waals surface area contributed by atoms with Crippen molar-refractivity contribution < 1.29 is 19.0 Å². The predicted molar refractivity (Wildman–Crippen MR) is 106 cm³/mol. The van der Waals surface area contributed by atoms with Crippen LogP contribution in [-0.2, 0) is 40.0 Å². The SMILES string of the molecule is CC(=O)Oc1cc2c(s1)CC1Cc3c(C)sc(C)c3CC(C2)C12OCCO2. The lowest BCUT2D eigenvalue weighted by molar-refractivity contribution is -0.227. The molecule has 2 unspecified atom stereocenters. The first-order valence-electron chi connectivity index (χ1n) is 9.62. The summed E-state index contributed by atoms with van der Waals surface area (Å²) in [6.07, 6.45) is 3.84. The smallest absolute Gasteiger partial charge is 0.308 e. The van der Waals surface area contributed by atoms with Gasteiger partial charge in [-0.25, -0.2) is 0 Å². The molecule has 2 aromatic rings. The second-order valence-corrected chi connectivity index (χ2v) is 10.4. The maximum Gasteiger partial charge on any atom is 0.308 e. The van der Waals surface area contributed by atoms with E-state index in [-0.39, 0.29) is 5.97 Å². The molecular weight excluding hydrogens is 380 g/mol. The van der Waals surface area contributed by atoms with Crippen molar-refractivity contribution in [2.24, 2.45) is 11.8 Å². The number of ether oxygens (including phenoxy) is 3. The molecule has 0 aromatic carbocycles. The lowest BCUT2D eigenvalue weighted by Crippen LogP contribution is -2.47. The molecule has 4 nitrogen and oxygen atoms in total. The highest BCUT2D eigenvalue weighted by Crippen LogP contribution is 2.51. The van der Waals surface area contributed by atoms with Gasteiger partial charge in [0.25, 0.3) is 0 Å². The quantitative estimate of drug-likeness (QED) is 0.668. The van der Waals surface area contributed by atoms with Gasteiger partial charge in [0, 0.05) is 33.4 Å². The van der Waals surface area contributed by atoms with Crippen molar-refractivity contribution in [1.29, 1.82) is 0 Å². The van der Waals surface area contributed by atoms with Crippen LogP contribution >= 0.6 is 22.7 Å². The highest BCUT2D eigenvalue weighted by molar-refractivity contribution is 7.14. The molecule has 144 valence electrons. The second kappa shape index (κ2) is 6.41. The van der Waals surface area contributed by atoms with Crippen molar-refractivity contribution in [2.75, 3.05) is 13.2 Å². The lowest BCUT2D eigenvalue weighted by atomic mass is 9.83. The highest BCUT2D eigenvalue weighted by Gasteiger charge is 2.54. The van der Waals surface area contributed by atoms with Crippen LogP contribution in [-0.4, -0.2) is 25.0 Å². The molecule has 2 aromatic heterocycles. The van der Waals surface area contributed by atoms with Crippen LogP contribution in [0, 0.1) is 25.7 Å². The van der Waals surface area contributed by atoms with E-state index >= 15 is 0 Å². The van der Waals surface area contributed by atoms with Crippen molar-refractivity contribution in [1.82, 2.24) is 0 Å². The third-order valence-electron chi connectivity index (χ3n) is 6.31. The fourth-order valence-corrected chi connectivity index (χ4v) is 7.51. The lowest BCUT2D eigenvalue weighted by Gasteiger charge is -2.38. The Hall–Kier alpha value is -1.21. The van der Waals surface area contributed by atoms with Crippen LogP contribution in [0.2, 0.25) is 0 Å². The Balaban J connectivity index is 1.59. The minimum atomic E-state index is -0.476. The molecule has 3 aliphatic rings. The van der Waals surface area contributed by atoms with Crippen LogP contribution in [0.3, 0.4) is 0 Å². The van der Waals surface area contributed by atoms with Gasteiger partial charge in [-0.05, 0) is 62.3 Å². The van der Waals surface area contributed by atoms with E-state index in [4.69, 9.17) is 14.2 Å². The van der Waals surface area contributed by atoms with Crippen LogP contribution in [0.5, 0.6) is 5.06 Å². The van der Waals surface area contributed by atoms with Gasteiger partial charge in [0.2, 0.25) is 0 Å². The summed E-state index contributed by atoms with van der Waals surface area (Å²) in [7, 11) is 0. The van der Waals surface area contributed by atoms with E-state index in [9.17, 15) is 4.79 Å². The minimum Gasteiger partial charge on any atom is -0.416 e. The molecule has 1 saturated heterocycles. The Morgan fingerprint density at radius 3 is 2.30 bits per heavy atom. The summed E-state index contributed by atoms with van der Waals surface area (Å²) in [4.78, 5) is 15.6. The molecule has 5 rings (SSSR count). The molecule has 2 bridgehead atoms. The fourth-order valence-electron chi connectivity index (χ4n) is 5.23. The van der Waals surface area contributed by atoms with E-state index in [0.29, 0.717) is 25.0 Å². The normalized spacial score (nSPS) is 25.6. The molecule has 6 heteroatoms. The molecule has 2 atom stereocenters. The van der Waals surface area contributed by atoms with Gasteiger partial charge in [0.05, 0.1) is 13.2 Å². The van der Waals surface area contributed by atoms with E-state index < -0.39 is 5.79 Å². The molecule has 0 radical (unpaired) electrons. The Kier molecular flexibility index (Phi) is 4.24. The zero-order valence-electron chi connectivity index (χ0n) is 15.9. The van der Waals surface area contributed by atoms with Crippen LogP contribution in [0.1, 0.15) is 38.2 Å². The van der Waals surface area contributed by atoms with Crippen molar-refractivity contribution >= 4 is 28.6 Å². The summed E-state index contributed by atoms with van der Waals surface area (Å²) in [5.74, 6) is -0.143. The molecule has 1 fully saturated rings. The van der Waals surface area contributed by atoms with Crippen LogP contribution in [0.25, 0.3) is 0 Å². The maximum absolute atomic E-state index is 11.4. The summed E-state index contributed by atoms with van der Waals surface area (Å²) in [6, 6.07) is 2.06. The van der Waals surface area contributed by atoms with Crippen molar-refractivity contribution in [3.05, 3.63) is 37.4 Å². The highest BCUT2D eigenvalue weighted by atomic mass is 32.1. The number of aryl methyl sites for hydroxylation is 2. The average Bonchev–Trinajstić information content (AvgIpc) is 3.24. The van der Waals surface area contributed by atoms with Gasteiger partial charge in [-0.15, -0.1) is 22.7 Å². The number of esters is 1. The van der Waals surface area contributed by atoms with Gasteiger partial charge in [0.1, 0.15) is 0 Å². The number of rotatable bonds is 1. The third-order valence-corrected chi connectivity index (χ3v) is 8.50. The van der Waals surface area contributed by atoms with Gasteiger partial charge in [-0.3, -0.25) is 4.79 Å². The summed E-state index contributed by atoms with van der Waals surface area (Å²) in [5, 5.41) is 0.718. The standard InChI is InChI=1S/C21H24O4S2/c1-11-17-8-15-6-14-7-20(25-13(3)22)27-19(14)10-16(9-18(17)12(2)26-11)21(15)23-4-5-24-21/h7,15-16H,4-6,8-10H2,1-3H3. The number of fused-ring (bicyclic) bond motifs is 2. The van der Waals surface area contributed by atoms with E-state index in [1.807, 2.05) is 11.3 Å². The number of thiophene rings is 2. The van der Waals surface area contributed by atoms with Crippen molar-refractivity contribution in [3.63, 3.8) is 0 Å². The fraction of sp³-hybridized carbons (Fsp3) is 0.571. The van der Waals surface area contributed by atoms with Gasteiger partial charge in [-0.1, -0.05) is 0 Å². The Labute approximate surface area is 167 Å². The Morgan fingerprint density at radius 2 is 1.67 bits per heavy atom. The van der Waals surface area contributed by atoms with Gasteiger partial charge >= 0.3 is 5.97 Å². The largest absolute Gasteiger partial charge is 0.416 e. The summed E-state index contributed by atoms with van der Waals surface area (Å²) in [5.41, 5.74) is 4.33. The summed E-state index contributed by atoms with van der Waals surface area (Å²) in [6.45, 7) is 7.33. The second-order valence-electron chi connectivity index (χ2n) is 7.91. The molecule has 1 spiro atoms. The molecule has 0 N–H and O–H groups in total. The van der Waals surface area contributed by atoms with E-state index in [1.54, 1.807) is 11.3 Å². The molecule has 0 saturated carbocycles. The maximum atomic E-state index is 11.4. The monoisotopic (exact) mass is 404 g/mol. The predicted octanol–water partition coefficient (Wildman–Crippen LogP) is 4.22. The van der Waals surface area contributed by atoms with Crippen molar-refractivity contribution in [2.45, 2.75) is 52.2 Å². The van der Waals surface area contributed by atoms with Crippen LogP contribution in [0.15, 0.2) is 6.07 Å². The first kappa shape index (κ1) is 17.9. The van der Waals surface area contributed by atoms with Crippen molar-refractivity contribution in [3.8, 4) is 5.06 Å². The molecule has 2 aliphatic carbocycles. The summed E-state index contributed by atoms with van der Waals surface area (Å²) < 4.78 is 18.2. The topological polar surface area (TPSA) is 44.8 Å². The number of carbonyl (C=O) groups excluding carboxylic acids is 1. The average molecular weight is 405 g/mol. The van der Waals surface area contributed by atoms with Crippen LogP contribution in [0.4, 0.5) is 0 Å². The molecular formula is C21H24O4S2. The number of hydrogen-bond acceptors (Lipinski definition) is 6. The zero-order chi connectivity index (χ0) is 18.8. The van der Waals surface area contributed by atoms with Crippen LogP contribution < -0.4 is 4.74 Å². The van der Waals surface area contributed by atoms with Gasteiger partial charge in [0.15, 0.2) is 10.9 Å². The first-order valence-corrected chi connectivity index (χ1v) is 11.2. The van der Waals surface area contributed by atoms with Gasteiger partial charge in [-0.2, -0.15) is 0 Å². The van der Waals surface area contributed by atoms with E-state index in [1.165, 1.54) is 38.2 Å². The number of hydrogen-bond donors (Lipinski definition) is 0. The van der Waals surface area contributed by atoms with E-state index in [0.717, 1.165) is 30.7 Å².